The van der Waals surface area contributed by atoms with E-state index in [-0.39, 0.29) is 18.0 Å². The molecule has 3 aliphatic heterocycles. The number of anilines is 3. The van der Waals surface area contributed by atoms with Crippen molar-refractivity contribution in [3.05, 3.63) is 36.3 Å². The van der Waals surface area contributed by atoms with Gasteiger partial charge in [0.2, 0.25) is 5.95 Å². The van der Waals surface area contributed by atoms with Crippen LogP contribution in [0.4, 0.5) is 22.0 Å². The van der Waals surface area contributed by atoms with Gasteiger partial charge < -0.3 is 24.8 Å². The van der Waals surface area contributed by atoms with Gasteiger partial charge in [0, 0.05) is 61.8 Å². The number of nitrogens with one attached hydrogen (secondary N) is 2. The number of likely N-dealkylation sites (tertiary alicyclic amines) is 1. The van der Waals surface area contributed by atoms with E-state index >= 15 is 0 Å². The second-order valence-electron chi connectivity index (χ2n) is 11.3. The zero-order valence-electron chi connectivity index (χ0n) is 23.4. The highest BCUT2D eigenvalue weighted by Gasteiger charge is 2.30. The molecule has 3 saturated heterocycles. The van der Waals surface area contributed by atoms with Crippen LogP contribution in [0.2, 0.25) is 0 Å². The minimum absolute atomic E-state index is 0.0480. The molecule has 1 unspecified atom stereocenters. The number of nitrogens with zero attached hydrogens (tertiary/aromatic N) is 6. The molecular formula is C29H39FN8O2. The number of ether oxygens (including phenoxy) is 1. The van der Waals surface area contributed by atoms with E-state index < -0.39 is 6.17 Å². The highest BCUT2D eigenvalue weighted by Crippen LogP contribution is 2.29. The molecule has 3 aromatic rings. The molecular weight excluding hydrogens is 511 g/mol. The number of piperidine rings is 2. The molecule has 2 atom stereocenters. The lowest BCUT2D eigenvalue weighted by Gasteiger charge is -2.41. The Morgan fingerprint density at radius 3 is 2.73 bits per heavy atom. The smallest absolute Gasteiger partial charge is 0.253 e. The molecule has 0 bridgehead atoms. The second-order valence-corrected chi connectivity index (χ2v) is 11.3. The SMILES string of the molecule is CCC(C)n1cc(C(=O)NC2CCN(C3COC3)CC2)c2cnc(Nc3ccnc(N4CCC[C@@H](F)C4)n3)cc21. The van der Waals surface area contributed by atoms with Crippen LogP contribution in [-0.2, 0) is 4.74 Å². The third-order valence-electron chi connectivity index (χ3n) is 8.58. The normalized spacial score (nSPS) is 21.8. The molecule has 0 aromatic carbocycles. The molecule has 3 aliphatic rings. The summed E-state index contributed by atoms with van der Waals surface area (Å²) in [5, 5.41) is 7.41. The molecule has 6 rings (SSSR count). The van der Waals surface area contributed by atoms with Crippen molar-refractivity contribution < 1.29 is 13.9 Å². The topological polar surface area (TPSA) is 100 Å². The first-order valence-corrected chi connectivity index (χ1v) is 14.6. The third-order valence-corrected chi connectivity index (χ3v) is 8.58. The first-order chi connectivity index (χ1) is 19.5. The average Bonchev–Trinajstić information content (AvgIpc) is 3.32. The van der Waals surface area contributed by atoms with Gasteiger partial charge in [0.25, 0.3) is 5.91 Å². The van der Waals surface area contributed by atoms with Gasteiger partial charge in [-0.25, -0.2) is 14.4 Å². The van der Waals surface area contributed by atoms with Crippen LogP contribution in [0.5, 0.6) is 0 Å². The highest BCUT2D eigenvalue weighted by molar-refractivity contribution is 6.07. The summed E-state index contributed by atoms with van der Waals surface area (Å²) < 4.78 is 21.4. The van der Waals surface area contributed by atoms with Crippen LogP contribution in [-0.4, -0.2) is 88.0 Å². The number of carbonyl (C=O) groups is 1. The van der Waals surface area contributed by atoms with Crippen LogP contribution in [0.15, 0.2) is 30.7 Å². The Bertz CT molecular complexity index is 1340. The Morgan fingerprint density at radius 2 is 2.00 bits per heavy atom. The first kappa shape index (κ1) is 26.9. The quantitative estimate of drug-likeness (QED) is 0.433. The van der Waals surface area contributed by atoms with E-state index in [0.29, 0.717) is 42.2 Å². The lowest BCUT2D eigenvalue weighted by molar-refractivity contribution is -0.0716. The molecule has 3 aromatic heterocycles. The average molecular weight is 551 g/mol. The predicted molar refractivity (Wildman–Crippen MR) is 153 cm³/mol. The van der Waals surface area contributed by atoms with Crippen molar-refractivity contribution in [1.29, 1.82) is 0 Å². The summed E-state index contributed by atoms with van der Waals surface area (Å²) in [7, 11) is 0. The number of hydrogen-bond donors (Lipinski definition) is 2. The number of carbonyl (C=O) groups excluding carboxylic acids is 1. The van der Waals surface area contributed by atoms with Gasteiger partial charge in [-0.05, 0) is 45.1 Å². The van der Waals surface area contributed by atoms with E-state index in [1.807, 2.05) is 17.2 Å². The fourth-order valence-corrected chi connectivity index (χ4v) is 5.87. The Kier molecular flexibility index (Phi) is 7.84. The number of rotatable bonds is 8. The summed E-state index contributed by atoms with van der Waals surface area (Å²) in [6.45, 7) is 8.98. The lowest BCUT2D eigenvalue weighted by Crippen LogP contribution is -2.54. The highest BCUT2D eigenvalue weighted by atomic mass is 19.1. The summed E-state index contributed by atoms with van der Waals surface area (Å²) in [5.41, 5.74) is 1.60. The van der Waals surface area contributed by atoms with Crippen LogP contribution >= 0.6 is 0 Å². The summed E-state index contributed by atoms with van der Waals surface area (Å²) in [5.74, 6) is 1.69. The molecule has 214 valence electrons. The Labute approximate surface area is 234 Å². The van der Waals surface area contributed by atoms with E-state index in [0.717, 1.165) is 69.4 Å². The summed E-state index contributed by atoms with van der Waals surface area (Å²) >= 11 is 0. The zero-order chi connectivity index (χ0) is 27.6. The number of halogens is 1. The van der Waals surface area contributed by atoms with Crippen molar-refractivity contribution in [2.75, 3.05) is 49.6 Å². The molecule has 0 aliphatic carbocycles. The standard InChI is InChI=1S/C29H39FN8O2/c1-3-19(2)38-16-24(28(39)33-21-7-11-36(12-8-21)22-17-40-18-22)23-14-32-27(13-25(23)38)34-26-6-9-31-29(35-26)37-10-4-5-20(30)15-37/h6,9,13-14,16,19-22H,3-5,7-8,10-12,15,17-18H2,1-2H3,(H,33,39)(H,31,32,34,35)/t19?,20-/m1/s1. The fraction of sp³-hybridized carbons (Fsp3) is 0.586. The number of alkyl halides is 1. The van der Waals surface area contributed by atoms with Crippen molar-refractivity contribution in [1.82, 2.24) is 29.7 Å². The van der Waals surface area contributed by atoms with Crippen molar-refractivity contribution in [3.63, 3.8) is 0 Å². The van der Waals surface area contributed by atoms with E-state index in [2.05, 4.69) is 48.9 Å². The van der Waals surface area contributed by atoms with E-state index in [9.17, 15) is 9.18 Å². The number of pyridine rings is 1. The van der Waals surface area contributed by atoms with Gasteiger partial charge in [0.15, 0.2) is 0 Å². The monoisotopic (exact) mass is 550 g/mol. The van der Waals surface area contributed by atoms with Crippen LogP contribution in [0.1, 0.15) is 62.4 Å². The molecule has 40 heavy (non-hydrogen) atoms. The van der Waals surface area contributed by atoms with Gasteiger partial charge in [-0.3, -0.25) is 9.69 Å². The van der Waals surface area contributed by atoms with E-state index in [1.165, 1.54) is 0 Å². The lowest BCUT2D eigenvalue weighted by atomic mass is 10.0. The number of hydrogen-bond acceptors (Lipinski definition) is 8. The zero-order valence-corrected chi connectivity index (χ0v) is 23.4. The third kappa shape index (κ3) is 5.62. The van der Waals surface area contributed by atoms with Gasteiger partial charge >= 0.3 is 0 Å². The van der Waals surface area contributed by atoms with Crippen molar-refractivity contribution in [2.24, 2.45) is 0 Å². The van der Waals surface area contributed by atoms with Crippen molar-refractivity contribution in [2.45, 2.75) is 70.2 Å². The maximum atomic E-state index is 13.9. The maximum Gasteiger partial charge on any atom is 0.253 e. The molecule has 0 radical (unpaired) electrons. The van der Waals surface area contributed by atoms with Gasteiger partial charge in [-0.2, -0.15) is 4.98 Å². The number of fused-ring (bicyclic) bond motifs is 1. The molecule has 2 N–H and O–H groups in total. The van der Waals surface area contributed by atoms with Gasteiger partial charge in [-0.1, -0.05) is 6.92 Å². The molecule has 0 saturated carbocycles. The number of aromatic nitrogens is 4. The van der Waals surface area contributed by atoms with Gasteiger partial charge in [-0.15, -0.1) is 0 Å². The Balaban J connectivity index is 1.19. The number of amides is 1. The van der Waals surface area contributed by atoms with Crippen molar-refractivity contribution >= 4 is 34.4 Å². The fourth-order valence-electron chi connectivity index (χ4n) is 5.87. The largest absolute Gasteiger partial charge is 0.378 e. The summed E-state index contributed by atoms with van der Waals surface area (Å²) in [4.78, 5) is 31.4. The van der Waals surface area contributed by atoms with Gasteiger partial charge in [0.05, 0.1) is 36.9 Å². The van der Waals surface area contributed by atoms with Crippen LogP contribution < -0.4 is 15.5 Å². The molecule has 0 spiro atoms. The van der Waals surface area contributed by atoms with Crippen LogP contribution in [0.25, 0.3) is 10.9 Å². The predicted octanol–water partition coefficient (Wildman–Crippen LogP) is 4.07. The Hall–Kier alpha value is -3.31. The minimum atomic E-state index is -0.854. The minimum Gasteiger partial charge on any atom is -0.378 e. The molecule has 6 heterocycles. The second kappa shape index (κ2) is 11.7. The van der Waals surface area contributed by atoms with Crippen molar-refractivity contribution in [3.8, 4) is 0 Å². The molecule has 11 heteroatoms. The summed E-state index contributed by atoms with van der Waals surface area (Å²) in [6.07, 6.45) is 8.76. The summed E-state index contributed by atoms with van der Waals surface area (Å²) in [6, 6.07) is 4.67. The molecule has 10 nitrogen and oxygen atoms in total. The molecule has 1 amide bonds. The maximum absolute atomic E-state index is 13.9. The van der Waals surface area contributed by atoms with E-state index in [4.69, 9.17) is 4.74 Å². The van der Waals surface area contributed by atoms with Crippen LogP contribution in [0.3, 0.4) is 0 Å². The Morgan fingerprint density at radius 1 is 1.18 bits per heavy atom. The molecule has 3 fully saturated rings. The first-order valence-electron chi connectivity index (χ1n) is 14.6. The van der Waals surface area contributed by atoms with Gasteiger partial charge in [0.1, 0.15) is 17.8 Å². The van der Waals surface area contributed by atoms with Crippen LogP contribution in [0, 0.1) is 0 Å². The van der Waals surface area contributed by atoms with E-state index in [1.54, 1.807) is 18.5 Å².